The molecule has 8 nitrogen and oxygen atoms in total. The number of rotatable bonds is 10. The van der Waals surface area contributed by atoms with Gasteiger partial charge in [-0.25, -0.2) is 9.97 Å². The molecule has 4 aromatic rings. The van der Waals surface area contributed by atoms with Crippen LogP contribution in [0, 0.1) is 0 Å². The average molecular weight is 532 g/mol. The van der Waals surface area contributed by atoms with E-state index in [0.717, 1.165) is 72.6 Å². The molecule has 1 aliphatic rings. The van der Waals surface area contributed by atoms with Crippen molar-refractivity contribution in [3.8, 4) is 22.8 Å². The van der Waals surface area contributed by atoms with E-state index in [4.69, 9.17) is 9.47 Å². The number of nitrogens with zero attached hydrogens (tertiary/aromatic N) is 4. The fraction of sp³-hybridized carbons (Fsp3) is 0.345. The molecule has 1 amide bonds. The van der Waals surface area contributed by atoms with Gasteiger partial charge >= 0.3 is 0 Å². The number of hydrogen-bond acceptors (Lipinski definition) is 8. The Kier molecular flexibility index (Phi) is 8.47. The Morgan fingerprint density at radius 3 is 2.61 bits per heavy atom. The lowest BCUT2D eigenvalue weighted by Crippen LogP contribution is -2.44. The van der Waals surface area contributed by atoms with Gasteiger partial charge in [0.15, 0.2) is 11.5 Å². The fourth-order valence-corrected chi connectivity index (χ4v) is 5.27. The smallest absolute Gasteiger partial charge is 0.228 e. The van der Waals surface area contributed by atoms with Crippen LogP contribution in [-0.2, 0) is 11.2 Å². The van der Waals surface area contributed by atoms with Crippen LogP contribution in [0.5, 0.6) is 11.5 Å². The number of nitrogens with one attached hydrogen (secondary N) is 1. The van der Waals surface area contributed by atoms with E-state index in [2.05, 4.69) is 32.1 Å². The molecule has 2 aromatic carbocycles. The number of carbonyl (C=O) groups is 1. The maximum absolute atomic E-state index is 12.3. The first-order chi connectivity index (χ1) is 18.6. The summed E-state index contributed by atoms with van der Waals surface area (Å²) in [5, 5.41) is 7.80. The highest BCUT2D eigenvalue weighted by molar-refractivity contribution is 7.08. The number of hydrogen-bond donors (Lipinski definition) is 1. The number of piperazine rings is 1. The summed E-state index contributed by atoms with van der Waals surface area (Å²) in [7, 11) is 3.82. The molecule has 1 N–H and O–H groups in total. The first kappa shape index (κ1) is 26.1. The van der Waals surface area contributed by atoms with Crippen LogP contribution in [0.4, 0.5) is 5.69 Å². The first-order valence-electron chi connectivity index (χ1n) is 12.9. The van der Waals surface area contributed by atoms with Crippen molar-refractivity contribution >= 4 is 33.8 Å². The quantitative estimate of drug-likeness (QED) is 0.301. The largest absolute Gasteiger partial charge is 0.493 e. The Morgan fingerprint density at radius 1 is 1.05 bits per heavy atom. The predicted molar refractivity (Wildman–Crippen MR) is 152 cm³/mol. The molecule has 0 atom stereocenters. The topological polar surface area (TPSA) is 79.8 Å². The molecule has 1 saturated heterocycles. The summed E-state index contributed by atoms with van der Waals surface area (Å²) in [5.74, 6) is 1.31. The van der Waals surface area contributed by atoms with E-state index >= 15 is 0 Å². The average Bonchev–Trinajstić information content (AvgIpc) is 3.44. The van der Waals surface area contributed by atoms with Crippen molar-refractivity contribution in [1.82, 2.24) is 19.8 Å². The fourth-order valence-electron chi connectivity index (χ4n) is 4.60. The van der Waals surface area contributed by atoms with Crippen LogP contribution in [0.2, 0.25) is 0 Å². The van der Waals surface area contributed by atoms with E-state index in [0.29, 0.717) is 24.5 Å². The van der Waals surface area contributed by atoms with E-state index in [9.17, 15) is 4.79 Å². The van der Waals surface area contributed by atoms with E-state index in [1.807, 2.05) is 53.2 Å². The summed E-state index contributed by atoms with van der Waals surface area (Å²) >= 11 is 1.59. The van der Waals surface area contributed by atoms with Gasteiger partial charge in [-0.15, -0.1) is 0 Å². The molecule has 0 spiro atoms. The van der Waals surface area contributed by atoms with Gasteiger partial charge in [-0.3, -0.25) is 4.79 Å². The Morgan fingerprint density at radius 2 is 1.87 bits per heavy atom. The highest BCUT2D eigenvalue weighted by atomic mass is 32.1. The van der Waals surface area contributed by atoms with Crippen molar-refractivity contribution in [3.63, 3.8) is 0 Å². The number of amides is 1. The molecule has 9 heteroatoms. The summed E-state index contributed by atoms with van der Waals surface area (Å²) < 4.78 is 11.8. The molecule has 2 aromatic heterocycles. The number of likely N-dealkylation sites (N-methyl/N-ethyl adjacent to an activating group) is 1. The number of fused-ring (bicyclic) bond motifs is 1. The zero-order valence-electron chi connectivity index (χ0n) is 21.9. The molecule has 1 fully saturated rings. The second kappa shape index (κ2) is 12.3. The van der Waals surface area contributed by atoms with Gasteiger partial charge in [0.1, 0.15) is 6.33 Å². The minimum absolute atomic E-state index is 0.0376. The second-order valence-corrected chi connectivity index (χ2v) is 10.3. The van der Waals surface area contributed by atoms with Gasteiger partial charge in [-0.05, 0) is 54.1 Å². The maximum atomic E-state index is 12.3. The minimum Gasteiger partial charge on any atom is -0.493 e. The van der Waals surface area contributed by atoms with Gasteiger partial charge in [-0.2, -0.15) is 11.3 Å². The van der Waals surface area contributed by atoms with Crippen molar-refractivity contribution in [2.45, 2.75) is 12.8 Å². The Bertz CT molecular complexity index is 1350. The minimum atomic E-state index is -0.0376. The van der Waals surface area contributed by atoms with Crippen LogP contribution in [0.3, 0.4) is 0 Å². The molecule has 198 valence electrons. The van der Waals surface area contributed by atoms with Gasteiger partial charge in [0, 0.05) is 55.4 Å². The Hall–Kier alpha value is -3.53. The second-order valence-electron chi connectivity index (χ2n) is 9.52. The van der Waals surface area contributed by atoms with Crippen molar-refractivity contribution in [2.75, 3.05) is 58.8 Å². The van der Waals surface area contributed by atoms with E-state index < -0.39 is 0 Å². The number of carbonyl (C=O) groups excluding carboxylic acids is 1. The maximum Gasteiger partial charge on any atom is 0.228 e. The van der Waals surface area contributed by atoms with Crippen molar-refractivity contribution in [1.29, 1.82) is 0 Å². The van der Waals surface area contributed by atoms with Crippen LogP contribution in [0.15, 0.2) is 59.6 Å². The predicted octanol–water partition coefficient (Wildman–Crippen LogP) is 4.56. The summed E-state index contributed by atoms with van der Waals surface area (Å²) in [6, 6.07) is 13.5. The van der Waals surface area contributed by atoms with Gasteiger partial charge in [0.25, 0.3) is 0 Å². The van der Waals surface area contributed by atoms with Crippen LogP contribution >= 0.6 is 11.3 Å². The number of anilines is 1. The molecule has 1 aliphatic heterocycles. The van der Waals surface area contributed by atoms with E-state index in [1.165, 1.54) is 0 Å². The molecular weight excluding hydrogens is 498 g/mol. The molecule has 0 bridgehead atoms. The SMILES string of the molecule is COc1cc2c(-c3ccc(NC(=O)Cc4ccsc4)cc3)ncnc2cc1OCCCN1CCN(C)CC1. The summed E-state index contributed by atoms with van der Waals surface area (Å²) in [5.41, 5.74) is 4.28. The van der Waals surface area contributed by atoms with Gasteiger partial charge in [0.05, 0.1) is 31.3 Å². The monoisotopic (exact) mass is 531 g/mol. The molecule has 0 radical (unpaired) electrons. The zero-order valence-corrected chi connectivity index (χ0v) is 22.7. The van der Waals surface area contributed by atoms with Crippen LogP contribution in [-0.4, -0.2) is 79.2 Å². The molecule has 5 rings (SSSR count). The van der Waals surface area contributed by atoms with Crippen LogP contribution in [0.1, 0.15) is 12.0 Å². The number of aromatic nitrogens is 2. The van der Waals surface area contributed by atoms with Gasteiger partial charge < -0.3 is 24.6 Å². The molecule has 0 aliphatic carbocycles. The highest BCUT2D eigenvalue weighted by Crippen LogP contribution is 2.35. The van der Waals surface area contributed by atoms with Crippen molar-refractivity contribution in [2.24, 2.45) is 0 Å². The van der Waals surface area contributed by atoms with Crippen LogP contribution < -0.4 is 14.8 Å². The lowest BCUT2D eigenvalue weighted by Gasteiger charge is -2.32. The van der Waals surface area contributed by atoms with E-state index in [1.54, 1.807) is 24.8 Å². The Labute approximate surface area is 227 Å². The number of ether oxygens (including phenoxy) is 2. The first-order valence-corrected chi connectivity index (χ1v) is 13.8. The normalized spacial score (nSPS) is 14.5. The number of benzene rings is 2. The highest BCUT2D eigenvalue weighted by Gasteiger charge is 2.15. The zero-order chi connectivity index (χ0) is 26.3. The third-order valence-electron chi connectivity index (χ3n) is 6.78. The van der Waals surface area contributed by atoms with Crippen LogP contribution in [0.25, 0.3) is 22.2 Å². The number of thiophene rings is 1. The summed E-state index contributed by atoms with van der Waals surface area (Å²) in [6.45, 7) is 6.10. The molecule has 0 unspecified atom stereocenters. The standard InChI is InChI=1S/C29H33N5O3S/c1-33-10-12-34(13-11-33)9-3-14-37-27-18-25-24(17-26(27)36-2)29(31-20-30-25)22-4-6-23(7-5-22)32-28(35)16-21-8-15-38-19-21/h4-8,15,17-20H,3,9-14,16H2,1-2H3,(H,32,35). The third kappa shape index (κ3) is 6.48. The third-order valence-corrected chi connectivity index (χ3v) is 7.51. The molecule has 38 heavy (non-hydrogen) atoms. The molecular formula is C29H33N5O3S. The lowest BCUT2D eigenvalue weighted by atomic mass is 10.1. The van der Waals surface area contributed by atoms with Gasteiger partial charge in [0.2, 0.25) is 5.91 Å². The number of methoxy groups -OCH3 is 1. The van der Waals surface area contributed by atoms with Gasteiger partial charge in [-0.1, -0.05) is 12.1 Å². The van der Waals surface area contributed by atoms with Crippen molar-refractivity contribution in [3.05, 3.63) is 65.1 Å². The molecule has 3 heterocycles. The summed E-state index contributed by atoms with van der Waals surface area (Å²) in [4.78, 5) is 26.2. The summed E-state index contributed by atoms with van der Waals surface area (Å²) in [6.07, 6.45) is 2.88. The lowest BCUT2D eigenvalue weighted by molar-refractivity contribution is -0.115. The van der Waals surface area contributed by atoms with Crippen molar-refractivity contribution < 1.29 is 14.3 Å². The van der Waals surface area contributed by atoms with E-state index in [-0.39, 0.29) is 5.91 Å². The molecule has 0 saturated carbocycles. The Balaban J connectivity index is 1.25.